The molecule has 1 aliphatic carbocycles. The van der Waals surface area contributed by atoms with Crippen molar-refractivity contribution in [2.45, 2.75) is 45.6 Å². The van der Waals surface area contributed by atoms with E-state index in [1.807, 2.05) is 0 Å². The summed E-state index contributed by atoms with van der Waals surface area (Å²) in [5, 5.41) is 3.56. The Labute approximate surface area is 75.9 Å². The Kier molecular flexibility index (Phi) is 3.53. The van der Waals surface area contributed by atoms with Crippen LogP contribution in [0, 0.1) is 5.41 Å². The maximum atomic E-state index is 5.42. The van der Waals surface area contributed by atoms with Gasteiger partial charge in [0, 0.05) is 6.04 Å². The highest BCUT2D eigenvalue weighted by Gasteiger charge is 2.41. The lowest BCUT2D eigenvalue weighted by atomic mass is 10.0. The molecule has 72 valence electrons. The number of rotatable bonds is 6. The predicted octanol–water partition coefficient (Wildman–Crippen LogP) is 1.50. The first-order valence-corrected chi connectivity index (χ1v) is 5.12. The van der Waals surface area contributed by atoms with E-state index in [4.69, 9.17) is 5.73 Å². The fraction of sp³-hybridized carbons (Fsp3) is 1.00. The summed E-state index contributed by atoms with van der Waals surface area (Å²) in [6.07, 6.45) is 5.17. The summed E-state index contributed by atoms with van der Waals surface area (Å²) in [6.45, 7) is 6.63. The molecule has 1 atom stereocenters. The number of unbranched alkanes of at least 4 members (excludes halogenated alkanes) is 1. The van der Waals surface area contributed by atoms with Crippen molar-refractivity contribution in [2.75, 3.05) is 13.1 Å². The summed E-state index contributed by atoms with van der Waals surface area (Å²) in [5.41, 5.74) is 6.03. The average Bonchev–Trinajstić information content (AvgIpc) is 2.78. The Balaban J connectivity index is 1.99. The van der Waals surface area contributed by atoms with Gasteiger partial charge in [-0.05, 0) is 51.1 Å². The van der Waals surface area contributed by atoms with Crippen molar-refractivity contribution in [1.29, 1.82) is 0 Å². The monoisotopic (exact) mass is 170 g/mol. The Morgan fingerprint density at radius 3 is 2.58 bits per heavy atom. The Bertz CT molecular complexity index is 130. The first-order valence-electron chi connectivity index (χ1n) is 5.12. The molecule has 2 nitrogen and oxygen atoms in total. The van der Waals surface area contributed by atoms with Gasteiger partial charge >= 0.3 is 0 Å². The molecule has 1 saturated carbocycles. The van der Waals surface area contributed by atoms with Crippen molar-refractivity contribution in [1.82, 2.24) is 5.32 Å². The third-order valence-corrected chi connectivity index (χ3v) is 3.17. The highest BCUT2D eigenvalue weighted by atomic mass is 14.9. The van der Waals surface area contributed by atoms with Gasteiger partial charge in [0.2, 0.25) is 0 Å². The summed E-state index contributed by atoms with van der Waals surface area (Å²) >= 11 is 0. The molecule has 0 spiro atoms. The van der Waals surface area contributed by atoms with E-state index in [2.05, 4.69) is 19.2 Å². The van der Waals surface area contributed by atoms with Crippen molar-refractivity contribution in [3.8, 4) is 0 Å². The van der Waals surface area contributed by atoms with Crippen LogP contribution in [0.25, 0.3) is 0 Å². The van der Waals surface area contributed by atoms with E-state index in [9.17, 15) is 0 Å². The molecule has 1 fully saturated rings. The van der Waals surface area contributed by atoms with Gasteiger partial charge in [-0.3, -0.25) is 0 Å². The molecule has 0 aromatic heterocycles. The van der Waals surface area contributed by atoms with Gasteiger partial charge in [0.15, 0.2) is 0 Å². The second kappa shape index (κ2) is 4.24. The minimum Gasteiger partial charge on any atom is -0.330 e. The molecule has 0 radical (unpaired) electrons. The molecule has 0 bridgehead atoms. The van der Waals surface area contributed by atoms with Crippen LogP contribution in [-0.4, -0.2) is 19.1 Å². The zero-order chi connectivity index (χ0) is 9.03. The molecule has 0 saturated heterocycles. The van der Waals surface area contributed by atoms with E-state index in [0.29, 0.717) is 11.5 Å². The van der Waals surface area contributed by atoms with Crippen LogP contribution < -0.4 is 11.1 Å². The van der Waals surface area contributed by atoms with Gasteiger partial charge in [-0.2, -0.15) is 0 Å². The number of nitrogens with one attached hydrogen (secondary N) is 1. The lowest BCUT2D eigenvalue weighted by molar-refractivity contribution is 0.378. The van der Waals surface area contributed by atoms with Gasteiger partial charge in [-0.1, -0.05) is 6.92 Å². The molecular formula is C10H22N2. The Hall–Kier alpha value is -0.0800. The van der Waals surface area contributed by atoms with Crippen LogP contribution in [0.3, 0.4) is 0 Å². The lowest BCUT2D eigenvalue weighted by Crippen LogP contribution is -2.34. The van der Waals surface area contributed by atoms with Gasteiger partial charge in [0.25, 0.3) is 0 Å². The van der Waals surface area contributed by atoms with Gasteiger partial charge in [-0.25, -0.2) is 0 Å². The van der Waals surface area contributed by atoms with Crippen molar-refractivity contribution in [3.05, 3.63) is 0 Å². The molecule has 0 aromatic carbocycles. The average molecular weight is 170 g/mol. The lowest BCUT2D eigenvalue weighted by Gasteiger charge is -2.20. The molecule has 0 aliphatic heterocycles. The van der Waals surface area contributed by atoms with Crippen molar-refractivity contribution in [3.63, 3.8) is 0 Å². The molecule has 2 heteroatoms. The van der Waals surface area contributed by atoms with E-state index in [0.717, 1.165) is 19.5 Å². The van der Waals surface area contributed by atoms with Crippen LogP contribution in [0.4, 0.5) is 0 Å². The summed E-state index contributed by atoms with van der Waals surface area (Å²) in [7, 11) is 0. The molecule has 0 heterocycles. The molecule has 1 unspecified atom stereocenters. The smallest absolute Gasteiger partial charge is 0.00925 e. The first-order chi connectivity index (χ1) is 5.69. The van der Waals surface area contributed by atoms with Crippen molar-refractivity contribution in [2.24, 2.45) is 11.1 Å². The third kappa shape index (κ3) is 2.76. The highest BCUT2D eigenvalue weighted by molar-refractivity contribution is 4.96. The minimum atomic E-state index is 0.614. The fourth-order valence-electron chi connectivity index (χ4n) is 1.46. The topological polar surface area (TPSA) is 38.0 Å². The molecule has 0 amide bonds. The van der Waals surface area contributed by atoms with Crippen LogP contribution in [0.1, 0.15) is 39.5 Å². The summed E-state index contributed by atoms with van der Waals surface area (Å²) in [4.78, 5) is 0. The summed E-state index contributed by atoms with van der Waals surface area (Å²) < 4.78 is 0. The fourth-order valence-corrected chi connectivity index (χ4v) is 1.46. The quantitative estimate of drug-likeness (QED) is 0.593. The van der Waals surface area contributed by atoms with Crippen LogP contribution in [0.15, 0.2) is 0 Å². The van der Waals surface area contributed by atoms with Crippen molar-refractivity contribution < 1.29 is 0 Å². The number of hydrogen-bond donors (Lipinski definition) is 2. The SMILES string of the molecule is CC(NCCCCN)C1(C)CC1. The van der Waals surface area contributed by atoms with E-state index in [1.54, 1.807) is 0 Å². The zero-order valence-electron chi connectivity index (χ0n) is 8.40. The van der Waals surface area contributed by atoms with E-state index >= 15 is 0 Å². The second-order valence-electron chi connectivity index (χ2n) is 4.33. The first kappa shape index (κ1) is 10.0. The van der Waals surface area contributed by atoms with Gasteiger partial charge in [0.1, 0.15) is 0 Å². The van der Waals surface area contributed by atoms with Crippen molar-refractivity contribution >= 4 is 0 Å². The van der Waals surface area contributed by atoms with E-state index in [1.165, 1.54) is 19.3 Å². The van der Waals surface area contributed by atoms with Crippen LogP contribution in [0.5, 0.6) is 0 Å². The maximum Gasteiger partial charge on any atom is 0.00925 e. The second-order valence-corrected chi connectivity index (χ2v) is 4.33. The molecule has 12 heavy (non-hydrogen) atoms. The van der Waals surface area contributed by atoms with E-state index in [-0.39, 0.29) is 0 Å². The van der Waals surface area contributed by atoms with Crippen LogP contribution in [-0.2, 0) is 0 Å². The minimum absolute atomic E-state index is 0.614. The molecule has 1 rings (SSSR count). The Morgan fingerprint density at radius 1 is 1.42 bits per heavy atom. The number of hydrogen-bond acceptors (Lipinski definition) is 2. The summed E-state index contributed by atoms with van der Waals surface area (Å²) in [6, 6.07) is 0.690. The maximum absolute atomic E-state index is 5.42. The molecular weight excluding hydrogens is 148 g/mol. The molecule has 1 aliphatic rings. The van der Waals surface area contributed by atoms with Gasteiger partial charge in [-0.15, -0.1) is 0 Å². The summed E-state index contributed by atoms with van der Waals surface area (Å²) in [5.74, 6) is 0. The van der Waals surface area contributed by atoms with E-state index < -0.39 is 0 Å². The Morgan fingerprint density at radius 2 is 2.08 bits per heavy atom. The van der Waals surface area contributed by atoms with Gasteiger partial charge < -0.3 is 11.1 Å². The van der Waals surface area contributed by atoms with Crippen LogP contribution >= 0.6 is 0 Å². The predicted molar refractivity (Wildman–Crippen MR) is 53.1 cm³/mol. The molecule has 3 N–H and O–H groups in total. The normalized spacial score (nSPS) is 22.2. The number of nitrogens with two attached hydrogens (primary N) is 1. The molecule has 0 aromatic rings. The largest absolute Gasteiger partial charge is 0.330 e. The standard InChI is InChI=1S/C10H22N2/c1-9(10(2)5-6-10)12-8-4-3-7-11/h9,12H,3-8,11H2,1-2H3. The zero-order valence-corrected chi connectivity index (χ0v) is 8.40. The van der Waals surface area contributed by atoms with Crippen LogP contribution in [0.2, 0.25) is 0 Å². The van der Waals surface area contributed by atoms with Gasteiger partial charge in [0.05, 0.1) is 0 Å². The highest BCUT2D eigenvalue weighted by Crippen LogP contribution is 2.47. The third-order valence-electron chi connectivity index (χ3n) is 3.17.